The summed E-state index contributed by atoms with van der Waals surface area (Å²) in [6, 6.07) is 5.67. The van der Waals surface area contributed by atoms with Crippen LogP contribution in [0.4, 0.5) is 4.79 Å². The van der Waals surface area contributed by atoms with Crippen LogP contribution >= 0.6 is 11.3 Å². The normalized spacial score (nSPS) is 18.2. The molecule has 4 heterocycles. The van der Waals surface area contributed by atoms with Crippen molar-refractivity contribution in [3.05, 3.63) is 29.3 Å². The van der Waals surface area contributed by atoms with E-state index in [2.05, 4.69) is 5.16 Å². The lowest BCUT2D eigenvalue weighted by atomic mass is 10.1. The molecule has 0 aliphatic carbocycles. The highest BCUT2D eigenvalue weighted by molar-refractivity contribution is 7.13. The average Bonchev–Trinajstić information content (AvgIpc) is 3.39. The van der Waals surface area contributed by atoms with Crippen LogP contribution in [-0.4, -0.2) is 71.1 Å². The van der Waals surface area contributed by atoms with Crippen LogP contribution in [0.25, 0.3) is 10.6 Å². The molecule has 0 spiro atoms. The Morgan fingerprint density at radius 3 is 2.35 bits per heavy atom. The summed E-state index contributed by atoms with van der Waals surface area (Å²) in [6.45, 7) is 3.89. The fraction of sp³-hybridized carbons (Fsp3) is 0.500. The van der Waals surface area contributed by atoms with Crippen molar-refractivity contribution in [1.29, 1.82) is 0 Å². The first-order chi connectivity index (χ1) is 12.7. The largest absolute Gasteiger partial charge is 0.355 e. The molecule has 0 bridgehead atoms. The molecule has 2 aliphatic heterocycles. The lowest BCUT2D eigenvalue weighted by molar-refractivity contribution is 0.0623. The predicted molar refractivity (Wildman–Crippen MR) is 98.1 cm³/mol. The Balaban J connectivity index is 1.34. The molecular formula is C18H22N4O3S. The van der Waals surface area contributed by atoms with Gasteiger partial charge in [-0.1, -0.05) is 11.2 Å². The molecule has 4 rings (SSSR count). The molecule has 0 saturated carbocycles. The highest BCUT2D eigenvalue weighted by atomic mass is 32.1. The van der Waals surface area contributed by atoms with Crippen LogP contribution in [-0.2, 0) is 0 Å². The third kappa shape index (κ3) is 3.46. The molecule has 3 amide bonds. The number of carbonyl (C=O) groups excluding carboxylic acids is 2. The number of amides is 3. The number of hydrogen-bond acceptors (Lipinski definition) is 5. The van der Waals surface area contributed by atoms with Crippen LogP contribution in [0.1, 0.15) is 29.8 Å². The summed E-state index contributed by atoms with van der Waals surface area (Å²) in [4.78, 5) is 31.7. The summed E-state index contributed by atoms with van der Waals surface area (Å²) in [5.74, 6) is 0.476. The van der Waals surface area contributed by atoms with Gasteiger partial charge >= 0.3 is 6.03 Å². The van der Waals surface area contributed by atoms with Crippen molar-refractivity contribution < 1.29 is 14.1 Å². The molecule has 2 saturated heterocycles. The number of nitrogens with zero attached hydrogens (tertiary/aromatic N) is 4. The van der Waals surface area contributed by atoms with Crippen molar-refractivity contribution in [3.63, 3.8) is 0 Å². The standard InChI is InChI=1S/C18H22N4O3S/c23-17(14-13-15(25-19-14)16-5-4-12-26-16)20-8-10-22(11-9-20)18(24)21-6-2-1-3-7-21/h4-5,12-13H,1-3,6-11H2. The van der Waals surface area contributed by atoms with Gasteiger partial charge in [0.15, 0.2) is 11.5 Å². The Morgan fingerprint density at radius 1 is 0.962 bits per heavy atom. The van der Waals surface area contributed by atoms with E-state index in [-0.39, 0.29) is 11.9 Å². The molecule has 2 aromatic heterocycles. The topological polar surface area (TPSA) is 69.9 Å². The first-order valence-corrected chi connectivity index (χ1v) is 9.94. The van der Waals surface area contributed by atoms with E-state index >= 15 is 0 Å². The molecule has 26 heavy (non-hydrogen) atoms. The Bertz CT molecular complexity index is 759. The van der Waals surface area contributed by atoms with E-state index in [0.717, 1.165) is 30.8 Å². The fourth-order valence-electron chi connectivity index (χ4n) is 3.46. The number of aromatic nitrogens is 1. The maximum atomic E-state index is 12.7. The highest BCUT2D eigenvalue weighted by Gasteiger charge is 2.29. The Kier molecular flexibility index (Phi) is 4.92. The zero-order valence-electron chi connectivity index (χ0n) is 14.6. The molecule has 2 aliphatic rings. The van der Waals surface area contributed by atoms with Gasteiger partial charge in [0.25, 0.3) is 5.91 Å². The van der Waals surface area contributed by atoms with Gasteiger partial charge in [-0.15, -0.1) is 11.3 Å². The number of thiophene rings is 1. The van der Waals surface area contributed by atoms with Gasteiger partial charge in [-0.3, -0.25) is 4.79 Å². The number of rotatable bonds is 2. The van der Waals surface area contributed by atoms with Gasteiger partial charge in [-0.2, -0.15) is 0 Å². The average molecular weight is 374 g/mol. The zero-order chi connectivity index (χ0) is 17.9. The van der Waals surface area contributed by atoms with Gasteiger partial charge in [0, 0.05) is 45.3 Å². The fourth-order valence-corrected chi connectivity index (χ4v) is 4.13. The first-order valence-electron chi connectivity index (χ1n) is 9.06. The number of likely N-dealkylation sites (tertiary alicyclic amines) is 1. The second kappa shape index (κ2) is 7.49. The molecule has 0 atom stereocenters. The van der Waals surface area contributed by atoms with Crippen molar-refractivity contribution in [2.45, 2.75) is 19.3 Å². The van der Waals surface area contributed by atoms with Crippen molar-refractivity contribution in [3.8, 4) is 10.6 Å². The van der Waals surface area contributed by atoms with E-state index in [9.17, 15) is 9.59 Å². The van der Waals surface area contributed by atoms with Crippen LogP contribution in [0.2, 0.25) is 0 Å². The van der Waals surface area contributed by atoms with Gasteiger partial charge < -0.3 is 19.2 Å². The molecule has 0 unspecified atom stereocenters. The molecule has 0 N–H and O–H groups in total. The van der Waals surface area contributed by atoms with Crippen molar-refractivity contribution in [2.75, 3.05) is 39.3 Å². The van der Waals surface area contributed by atoms with E-state index in [1.165, 1.54) is 6.42 Å². The predicted octanol–water partition coefficient (Wildman–Crippen LogP) is 2.77. The SMILES string of the molecule is O=C(c1cc(-c2cccs2)on1)N1CCN(C(=O)N2CCCCC2)CC1. The van der Waals surface area contributed by atoms with Crippen molar-refractivity contribution >= 4 is 23.3 Å². The molecule has 2 fully saturated rings. The minimum absolute atomic E-state index is 0.109. The number of hydrogen-bond donors (Lipinski definition) is 0. The number of piperazine rings is 1. The molecule has 138 valence electrons. The van der Waals surface area contributed by atoms with E-state index in [0.29, 0.717) is 37.6 Å². The van der Waals surface area contributed by atoms with Crippen LogP contribution in [0.5, 0.6) is 0 Å². The summed E-state index contributed by atoms with van der Waals surface area (Å²) < 4.78 is 5.30. The molecule has 2 aromatic rings. The quantitative estimate of drug-likeness (QED) is 0.810. The lowest BCUT2D eigenvalue weighted by Gasteiger charge is -2.38. The zero-order valence-corrected chi connectivity index (χ0v) is 15.4. The third-order valence-corrected chi connectivity index (χ3v) is 5.84. The number of carbonyl (C=O) groups is 2. The van der Waals surface area contributed by atoms with Gasteiger partial charge in [0.2, 0.25) is 0 Å². The summed E-state index contributed by atoms with van der Waals surface area (Å²) >= 11 is 1.55. The molecule has 7 nitrogen and oxygen atoms in total. The molecule has 0 aromatic carbocycles. The number of piperidine rings is 1. The summed E-state index contributed by atoms with van der Waals surface area (Å²) in [6.07, 6.45) is 3.38. The van der Waals surface area contributed by atoms with E-state index in [1.54, 1.807) is 22.3 Å². The van der Waals surface area contributed by atoms with Gasteiger partial charge in [-0.05, 0) is 30.7 Å². The highest BCUT2D eigenvalue weighted by Crippen LogP contribution is 2.25. The Morgan fingerprint density at radius 2 is 1.65 bits per heavy atom. The third-order valence-electron chi connectivity index (χ3n) is 4.96. The van der Waals surface area contributed by atoms with Crippen molar-refractivity contribution in [2.24, 2.45) is 0 Å². The smallest absolute Gasteiger partial charge is 0.320 e. The van der Waals surface area contributed by atoms with Gasteiger partial charge in [-0.25, -0.2) is 4.79 Å². The lowest BCUT2D eigenvalue weighted by Crippen LogP contribution is -2.54. The number of urea groups is 1. The molecule has 8 heteroatoms. The maximum absolute atomic E-state index is 12.7. The Hall–Kier alpha value is -2.35. The maximum Gasteiger partial charge on any atom is 0.320 e. The van der Waals surface area contributed by atoms with E-state index in [1.807, 2.05) is 27.3 Å². The van der Waals surface area contributed by atoms with Crippen molar-refractivity contribution in [1.82, 2.24) is 19.9 Å². The minimum atomic E-state index is -0.137. The monoisotopic (exact) mass is 374 g/mol. The molecular weight excluding hydrogens is 352 g/mol. The first kappa shape index (κ1) is 17.1. The Labute approximate surface area is 156 Å². The second-order valence-corrected chi connectivity index (χ2v) is 7.61. The minimum Gasteiger partial charge on any atom is -0.355 e. The molecule has 0 radical (unpaired) electrons. The van der Waals surface area contributed by atoms with E-state index < -0.39 is 0 Å². The summed E-state index contributed by atoms with van der Waals surface area (Å²) in [5.41, 5.74) is 0.323. The van der Waals surface area contributed by atoms with E-state index in [4.69, 9.17) is 4.52 Å². The van der Waals surface area contributed by atoms with Gasteiger partial charge in [0.1, 0.15) is 0 Å². The van der Waals surface area contributed by atoms with Crippen LogP contribution in [0, 0.1) is 0 Å². The summed E-state index contributed by atoms with van der Waals surface area (Å²) in [5, 5.41) is 5.88. The van der Waals surface area contributed by atoms with Gasteiger partial charge in [0.05, 0.1) is 4.88 Å². The summed E-state index contributed by atoms with van der Waals surface area (Å²) in [7, 11) is 0. The van der Waals surface area contributed by atoms with Crippen LogP contribution in [0.3, 0.4) is 0 Å². The second-order valence-electron chi connectivity index (χ2n) is 6.66. The van der Waals surface area contributed by atoms with Crippen LogP contribution in [0.15, 0.2) is 28.1 Å². The van der Waals surface area contributed by atoms with Crippen LogP contribution < -0.4 is 0 Å².